The van der Waals surface area contributed by atoms with Gasteiger partial charge in [0.1, 0.15) is 28.2 Å². The Balaban J connectivity index is 1.79. The fraction of sp³-hybridized carbons (Fsp3) is 0.409. The van der Waals surface area contributed by atoms with Crippen molar-refractivity contribution < 1.29 is 17.9 Å². The number of nitrogens with one attached hydrogen (secondary N) is 2. The van der Waals surface area contributed by atoms with E-state index in [1.165, 1.54) is 29.0 Å². The van der Waals surface area contributed by atoms with Gasteiger partial charge in [0, 0.05) is 43.9 Å². The summed E-state index contributed by atoms with van der Waals surface area (Å²) < 4.78 is 46.4. The summed E-state index contributed by atoms with van der Waals surface area (Å²) in [6, 6.07) is 2.98. The zero-order valence-electron chi connectivity index (χ0n) is 18.7. The van der Waals surface area contributed by atoms with Gasteiger partial charge in [0.15, 0.2) is 0 Å². The van der Waals surface area contributed by atoms with Crippen LogP contribution in [0.1, 0.15) is 23.2 Å². The lowest BCUT2D eigenvalue weighted by atomic mass is 9.95. The molecule has 3 aromatic rings. The molecule has 2 atom stereocenters. The van der Waals surface area contributed by atoms with Gasteiger partial charge in [-0.25, -0.2) is 9.97 Å². The lowest BCUT2D eigenvalue weighted by Crippen LogP contribution is -2.49. The molecule has 0 spiro atoms. The number of halogens is 4. The van der Waals surface area contributed by atoms with Crippen LogP contribution < -0.4 is 16.2 Å². The van der Waals surface area contributed by atoms with Gasteiger partial charge in [-0.05, 0) is 32.0 Å². The number of rotatable bonds is 6. The standard InChI is InChI=1S/C22H23ClF3N5O2S/c1-4-33-16-10-27-11-21(16,20-28-7-8-34-20)30-17-12(2)29-18(31(3)19(17)32)14-6-5-13(9-15(14)23)22(24,25)26/h5-9,16,27,30H,4,10-11H2,1-3H3/t16-,21+/m0/s1. The summed E-state index contributed by atoms with van der Waals surface area (Å²) in [5.74, 6) is 0.168. The third-order valence-corrected chi connectivity index (χ3v) is 7.09. The van der Waals surface area contributed by atoms with Crippen molar-refractivity contribution in [2.45, 2.75) is 31.7 Å². The molecule has 4 rings (SSSR count). The quantitative estimate of drug-likeness (QED) is 0.514. The molecular weight excluding hydrogens is 491 g/mol. The first-order valence-corrected chi connectivity index (χ1v) is 11.8. The van der Waals surface area contributed by atoms with E-state index in [2.05, 4.69) is 20.6 Å². The maximum absolute atomic E-state index is 13.4. The molecule has 12 heteroatoms. The van der Waals surface area contributed by atoms with Crippen molar-refractivity contribution in [1.82, 2.24) is 19.9 Å². The summed E-state index contributed by atoms with van der Waals surface area (Å²) in [6.07, 6.45) is -3.11. The van der Waals surface area contributed by atoms with Gasteiger partial charge in [0.25, 0.3) is 5.56 Å². The zero-order valence-corrected chi connectivity index (χ0v) is 20.2. The van der Waals surface area contributed by atoms with Crippen LogP contribution in [0.4, 0.5) is 18.9 Å². The van der Waals surface area contributed by atoms with E-state index in [1.807, 2.05) is 12.3 Å². The van der Waals surface area contributed by atoms with Crippen LogP contribution in [0, 0.1) is 6.92 Å². The number of aromatic nitrogens is 3. The number of aryl methyl sites for hydroxylation is 1. The molecule has 0 radical (unpaired) electrons. The van der Waals surface area contributed by atoms with E-state index in [-0.39, 0.29) is 28.2 Å². The molecule has 1 fully saturated rings. The summed E-state index contributed by atoms with van der Waals surface area (Å²) in [5, 5.41) is 9.17. The van der Waals surface area contributed by atoms with Gasteiger partial charge in [0.2, 0.25) is 0 Å². The van der Waals surface area contributed by atoms with Crippen molar-refractivity contribution in [3.63, 3.8) is 0 Å². The minimum absolute atomic E-state index is 0.145. The van der Waals surface area contributed by atoms with Gasteiger partial charge >= 0.3 is 6.18 Å². The van der Waals surface area contributed by atoms with E-state index in [0.29, 0.717) is 25.4 Å². The number of hydrogen-bond donors (Lipinski definition) is 2. The van der Waals surface area contributed by atoms with E-state index in [1.54, 1.807) is 13.1 Å². The van der Waals surface area contributed by atoms with E-state index in [9.17, 15) is 18.0 Å². The third-order valence-electron chi connectivity index (χ3n) is 5.82. The first-order chi connectivity index (χ1) is 16.1. The Bertz CT molecular complexity index is 1250. The van der Waals surface area contributed by atoms with Crippen molar-refractivity contribution in [3.05, 3.63) is 61.4 Å². The van der Waals surface area contributed by atoms with E-state index >= 15 is 0 Å². The SMILES string of the molecule is CCO[C@H]1CNC[C@]1(Nc1c(C)nc(-c2ccc(C(F)(F)F)cc2Cl)n(C)c1=O)c1nccs1. The minimum atomic E-state index is -4.53. The van der Waals surface area contributed by atoms with Crippen LogP contribution in [0.2, 0.25) is 5.02 Å². The molecule has 7 nitrogen and oxygen atoms in total. The first-order valence-electron chi connectivity index (χ1n) is 10.5. The molecule has 0 saturated carbocycles. The number of ether oxygens (including phenoxy) is 1. The van der Waals surface area contributed by atoms with E-state index < -0.39 is 22.8 Å². The molecule has 1 aliphatic heterocycles. The van der Waals surface area contributed by atoms with Crippen LogP contribution in [0.3, 0.4) is 0 Å². The summed E-state index contributed by atoms with van der Waals surface area (Å²) in [7, 11) is 1.51. The minimum Gasteiger partial charge on any atom is -0.374 e. The van der Waals surface area contributed by atoms with Gasteiger partial charge < -0.3 is 15.4 Å². The lowest BCUT2D eigenvalue weighted by Gasteiger charge is -2.34. The Labute approximate surface area is 203 Å². The van der Waals surface area contributed by atoms with Gasteiger partial charge in [-0.1, -0.05) is 11.6 Å². The normalized spacial score (nSPS) is 20.6. The third kappa shape index (κ3) is 4.33. The molecule has 182 valence electrons. The Morgan fingerprint density at radius 1 is 1.41 bits per heavy atom. The van der Waals surface area contributed by atoms with E-state index in [4.69, 9.17) is 16.3 Å². The van der Waals surface area contributed by atoms with Crippen LogP contribution in [-0.2, 0) is 23.5 Å². The molecule has 0 amide bonds. The zero-order chi connectivity index (χ0) is 24.7. The smallest absolute Gasteiger partial charge is 0.374 e. The average Bonchev–Trinajstić information content (AvgIpc) is 3.45. The van der Waals surface area contributed by atoms with Gasteiger partial charge in [0.05, 0.1) is 16.3 Å². The van der Waals surface area contributed by atoms with Crippen LogP contribution in [0.15, 0.2) is 34.6 Å². The number of anilines is 1. The van der Waals surface area contributed by atoms with Crippen LogP contribution in [0.5, 0.6) is 0 Å². The van der Waals surface area contributed by atoms with Gasteiger partial charge in [-0.15, -0.1) is 11.3 Å². The number of benzene rings is 1. The maximum atomic E-state index is 13.4. The van der Waals surface area contributed by atoms with Gasteiger partial charge in [-0.3, -0.25) is 9.36 Å². The number of alkyl halides is 3. The Kier molecular flexibility index (Phi) is 6.74. The summed E-state index contributed by atoms with van der Waals surface area (Å²) in [5.41, 5.74) is -1.17. The first kappa shape index (κ1) is 24.6. The predicted octanol–water partition coefficient (Wildman–Crippen LogP) is 4.20. The van der Waals surface area contributed by atoms with Crippen molar-refractivity contribution >= 4 is 28.6 Å². The highest BCUT2D eigenvalue weighted by Gasteiger charge is 2.48. The molecule has 3 heterocycles. The summed E-state index contributed by atoms with van der Waals surface area (Å²) in [4.78, 5) is 22.5. The van der Waals surface area contributed by atoms with Crippen LogP contribution in [0.25, 0.3) is 11.4 Å². The molecular formula is C22H23ClF3N5O2S. The number of nitrogens with zero attached hydrogens (tertiary/aromatic N) is 3. The molecule has 0 aliphatic carbocycles. The lowest BCUT2D eigenvalue weighted by molar-refractivity contribution is -0.137. The average molecular weight is 514 g/mol. The van der Waals surface area contributed by atoms with E-state index in [0.717, 1.165) is 17.1 Å². The Hall–Kier alpha value is -2.47. The molecule has 2 aromatic heterocycles. The topological polar surface area (TPSA) is 81.1 Å². The highest BCUT2D eigenvalue weighted by atomic mass is 35.5. The second-order valence-corrected chi connectivity index (χ2v) is 9.26. The highest BCUT2D eigenvalue weighted by Crippen LogP contribution is 2.37. The van der Waals surface area contributed by atoms with Crippen LogP contribution >= 0.6 is 22.9 Å². The fourth-order valence-corrected chi connectivity index (χ4v) is 5.22. The molecule has 0 unspecified atom stereocenters. The Morgan fingerprint density at radius 2 is 2.18 bits per heavy atom. The summed E-state index contributed by atoms with van der Waals surface area (Å²) in [6.45, 7) is 5.12. The predicted molar refractivity (Wildman–Crippen MR) is 125 cm³/mol. The second kappa shape index (κ2) is 9.29. The number of hydrogen-bond acceptors (Lipinski definition) is 7. The molecule has 2 N–H and O–H groups in total. The second-order valence-electron chi connectivity index (χ2n) is 7.96. The molecule has 1 saturated heterocycles. The maximum Gasteiger partial charge on any atom is 0.416 e. The van der Waals surface area contributed by atoms with Crippen LogP contribution in [-0.4, -0.2) is 40.3 Å². The van der Waals surface area contributed by atoms with Crippen molar-refractivity contribution in [1.29, 1.82) is 0 Å². The van der Waals surface area contributed by atoms with Crippen molar-refractivity contribution in [3.8, 4) is 11.4 Å². The van der Waals surface area contributed by atoms with Gasteiger partial charge in [-0.2, -0.15) is 13.2 Å². The Morgan fingerprint density at radius 3 is 2.79 bits per heavy atom. The molecule has 1 aromatic carbocycles. The molecule has 0 bridgehead atoms. The largest absolute Gasteiger partial charge is 0.416 e. The molecule has 34 heavy (non-hydrogen) atoms. The fourth-order valence-electron chi connectivity index (χ4n) is 4.12. The van der Waals surface area contributed by atoms with Crippen molar-refractivity contribution in [2.75, 3.05) is 25.0 Å². The van der Waals surface area contributed by atoms with Crippen molar-refractivity contribution in [2.24, 2.45) is 7.05 Å². The summed E-state index contributed by atoms with van der Waals surface area (Å²) >= 11 is 7.62. The molecule has 1 aliphatic rings. The monoisotopic (exact) mass is 513 g/mol. The highest BCUT2D eigenvalue weighted by molar-refractivity contribution is 7.09. The number of thiazole rings is 1.